The van der Waals surface area contributed by atoms with E-state index in [1.165, 1.54) is 11.3 Å². The lowest BCUT2D eigenvalue weighted by atomic mass is 10.5. The summed E-state index contributed by atoms with van der Waals surface area (Å²) in [6.07, 6.45) is 3.23. The molecule has 0 saturated carbocycles. The number of ether oxygens (including phenoxy) is 1. The summed E-state index contributed by atoms with van der Waals surface area (Å²) in [5.41, 5.74) is 0. The summed E-state index contributed by atoms with van der Waals surface area (Å²) in [5, 5.41) is 17.2. The third-order valence-corrected chi connectivity index (χ3v) is 2.69. The minimum atomic E-state index is -0.127. The Morgan fingerprint density at radius 2 is 2.27 bits per heavy atom. The van der Waals surface area contributed by atoms with Crippen LogP contribution in [-0.4, -0.2) is 20.3 Å². The van der Waals surface area contributed by atoms with E-state index in [0.29, 0.717) is 16.0 Å². The first-order valence-corrected chi connectivity index (χ1v) is 5.60. The average molecular weight is 288 g/mol. The van der Waals surface area contributed by atoms with Crippen molar-refractivity contribution in [2.45, 2.75) is 6.61 Å². The van der Waals surface area contributed by atoms with Gasteiger partial charge in [-0.1, -0.05) is 16.4 Å². The van der Waals surface area contributed by atoms with Gasteiger partial charge in [-0.3, -0.25) is 4.98 Å². The minimum absolute atomic E-state index is 0.127. The summed E-state index contributed by atoms with van der Waals surface area (Å²) in [6.45, 7) is -0.127. The molecular formula is C8H6BrN3O2S. The number of hydrogen-bond donors (Lipinski definition) is 1. The highest BCUT2D eigenvalue weighted by molar-refractivity contribution is 9.10. The number of halogens is 1. The van der Waals surface area contributed by atoms with Crippen LogP contribution in [0.1, 0.15) is 5.01 Å². The number of aromatic nitrogens is 3. The highest BCUT2D eigenvalue weighted by Crippen LogP contribution is 2.25. The maximum absolute atomic E-state index is 8.79. The molecule has 0 aliphatic heterocycles. The summed E-state index contributed by atoms with van der Waals surface area (Å²) in [4.78, 5) is 3.94. The van der Waals surface area contributed by atoms with Crippen molar-refractivity contribution in [3.63, 3.8) is 0 Å². The van der Waals surface area contributed by atoms with Crippen LogP contribution in [0.3, 0.4) is 0 Å². The first-order chi connectivity index (χ1) is 7.28. The zero-order valence-electron chi connectivity index (χ0n) is 7.42. The lowest BCUT2D eigenvalue weighted by molar-refractivity contribution is 0.280. The fourth-order valence-electron chi connectivity index (χ4n) is 0.892. The highest BCUT2D eigenvalue weighted by Gasteiger charge is 2.05. The highest BCUT2D eigenvalue weighted by atomic mass is 79.9. The Kier molecular flexibility index (Phi) is 3.24. The summed E-state index contributed by atoms with van der Waals surface area (Å²) in [6, 6.07) is 1.77. The second-order valence-corrected chi connectivity index (χ2v) is 4.50. The molecular weight excluding hydrogens is 282 g/mol. The van der Waals surface area contributed by atoms with E-state index < -0.39 is 0 Å². The number of aliphatic hydroxyl groups is 1. The number of pyridine rings is 1. The zero-order valence-corrected chi connectivity index (χ0v) is 9.82. The van der Waals surface area contributed by atoms with E-state index in [2.05, 4.69) is 31.1 Å². The standard InChI is InChI=1S/C8H6BrN3O2S/c9-5-1-6(3-10-2-5)14-8-12-11-7(4-13)15-8/h1-3,13H,4H2. The minimum Gasteiger partial charge on any atom is -0.428 e. The summed E-state index contributed by atoms with van der Waals surface area (Å²) >= 11 is 4.48. The lowest BCUT2D eigenvalue weighted by Crippen LogP contribution is -1.84. The van der Waals surface area contributed by atoms with Crippen molar-refractivity contribution in [2.75, 3.05) is 0 Å². The van der Waals surface area contributed by atoms with E-state index in [1.807, 2.05) is 0 Å². The molecule has 7 heteroatoms. The Morgan fingerprint density at radius 3 is 2.93 bits per heavy atom. The molecule has 1 N–H and O–H groups in total. The van der Waals surface area contributed by atoms with Crippen molar-refractivity contribution >= 4 is 27.3 Å². The van der Waals surface area contributed by atoms with Crippen molar-refractivity contribution < 1.29 is 9.84 Å². The second-order valence-electron chi connectivity index (χ2n) is 2.56. The topological polar surface area (TPSA) is 68.1 Å². The van der Waals surface area contributed by atoms with Gasteiger partial charge in [-0.05, 0) is 22.0 Å². The van der Waals surface area contributed by atoms with Gasteiger partial charge in [0.05, 0.1) is 12.8 Å². The van der Waals surface area contributed by atoms with Gasteiger partial charge in [0, 0.05) is 10.7 Å². The van der Waals surface area contributed by atoms with Crippen LogP contribution in [0.25, 0.3) is 0 Å². The molecule has 0 saturated heterocycles. The Labute approximate surface area is 97.9 Å². The molecule has 0 aliphatic carbocycles. The summed E-state index contributed by atoms with van der Waals surface area (Å²) in [7, 11) is 0. The molecule has 0 aromatic carbocycles. The predicted octanol–water partition coefficient (Wildman–Crippen LogP) is 1.98. The molecule has 0 unspecified atom stereocenters. The average Bonchev–Trinajstić information content (AvgIpc) is 2.65. The van der Waals surface area contributed by atoms with Crippen LogP contribution in [0.15, 0.2) is 22.9 Å². The zero-order chi connectivity index (χ0) is 10.7. The maximum atomic E-state index is 8.79. The summed E-state index contributed by atoms with van der Waals surface area (Å²) in [5.74, 6) is 0.574. The molecule has 0 bridgehead atoms. The normalized spacial score (nSPS) is 10.3. The SMILES string of the molecule is OCc1nnc(Oc2cncc(Br)c2)s1. The van der Waals surface area contributed by atoms with Crippen molar-refractivity contribution in [3.05, 3.63) is 27.9 Å². The van der Waals surface area contributed by atoms with Gasteiger partial charge >= 0.3 is 0 Å². The molecule has 2 heterocycles. The quantitative estimate of drug-likeness (QED) is 0.935. The van der Waals surface area contributed by atoms with E-state index in [1.54, 1.807) is 18.5 Å². The Bertz CT molecular complexity index is 463. The van der Waals surface area contributed by atoms with E-state index >= 15 is 0 Å². The third-order valence-electron chi connectivity index (χ3n) is 1.47. The predicted molar refractivity (Wildman–Crippen MR) is 57.8 cm³/mol. The Morgan fingerprint density at radius 1 is 1.40 bits per heavy atom. The van der Waals surface area contributed by atoms with Gasteiger partial charge in [0.15, 0.2) is 0 Å². The van der Waals surface area contributed by atoms with Gasteiger partial charge in [-0.2, -0.15) is 0 Å². The van der Waals surface area contributed by atoms with E-state index in [9.17, 15) is 0 Å². The molecule has 2 rings (SSSR count). The number of rotatable bonds is 3. The van der Waals surface area contributed by atoms with Gasteiger partial charge in [0.25, 0.3) is 5.19 Å². The molecule has 15 heavy (non-hydrogen) atoms. The largest absolute Gasteiger partial charge is 0.428 e. The molecule has 2 aromatic heterocycles. The van der Waals surface area contributed by atoms with Crippen LogP contribution in [-0.2, 0) is 6.61 Å². The smallest absolute Gasteiger partial charge is 0.299 e. The number of nitrogens with zero attached hydrogens (tertiary/aromatic N) is 3. The Hall–Kier alpha value is -1.05. The van der Waals surface area contributed by atoms with Crippen molar-refractivity contribution in [3.8, 4) is 10.9 Å². The molecule has 0 amide bonds. The molecule has 0 aliphatic rings. The second kappa shape index (κ2) is 4.65. The monoisotopic (exact) mass is 287 g/mol. The van der Waals surface area contributed by atoms with Crippen LogP contribution in [0.5, 0.6) is 10.9 Å². The third kappa shape index (κ3) is 2.71. The fourth-order valence-corrected chi connectivity index (χ4v) is 1.80. The Balaban J connectivity index is 2.14. The number of aliphatic hydroxyl groups excluding tert-OH is 1. The van der Waals surface area contributed by atoms with E-state index in [0.717, 1.165) is 4.47 Å². The molecule has 0 radical (unpaired) electrons. The van der Waals surface area contributed by atoms with Crippen molar-refractivity contribution in [1.29, 1.82) is 0 Å². The van der Waals surface area contributed by atoms with Crippen LogP contribution in [0.4, 0.5) is 0 Å². The van der Waals surface area contributed by atoms with Crippen LogP contribution < -0.4 is 4.74 Å². The van der Waals surface area contributed by atoms with E-state index in [4.69, 9.17) is 9.84 Å². The molecule has 2 aromatic rings. The molecule has 0 spiro atoms. The first-order valence-electron chi connectivity index (χ1n) is 3.99. The van der Waals surface area contributed by atoms with Crippen LogP contribution in [0, 0.1) is 0 Å². The molecule has 0 fully saturated rings. The van der Waals surface area contributed by atoms with Crippen LogP contribution in [0.2, 0.25) is 0 Å². The van der Waals surface area contributed by atoms with Gasteiger partial charge in [-0.25, -0.2) is 0 Å². The van der Waals surface area contributed by atoms with Crippen molar-refractivity contribution in [2.24, 2.45) is 0 Å². The van der Waals surface area contributed by atoms with Gasteiger partial charge in [0.1, 0.15) is 10.8 Å². The summed E-state index contributed by atoms with van der Waals surface area (Å²) < 4.78 is 6.21. The van der Waals surface area contributed by atoms with Gasteiger partial charge in [0.2, 0.25) is 0 Å². The van der Waals surface area contributed by atoms with Gasteiger partial charge in [-0.15, -0.1) is 5.10 Å². The fraction of sp³-hybridized carbons (Fsp3) is 0.125. The molecule has 78 valence electrons. The molecule has 0 atom stereocenters. The lowest BCUT2D eigenvalue weighted by Gasteiger charge is -1.99. The number of hydrogen-bond acceptors (Lipinski definition) is 6. The van der Waals surface area contributed by atoms with E-state index in [-0.39, 0.29) is 6.61 Å². The van der Waals surface area contributed by atoms with Crippen LogP contribution >= 0.6 is 27.3 Å². The maximum Gasteiger partial charge on any atom is 0.299 e. The van der Waals surface area contributed by atoms with Gasteiger partial charge < -0.3 is 9.84 Å². The van der Waals surface area contributed by atoms with Crippen molar-refractivity contribution in [1.82, 2.24) is 15.2 Å². The molecule has 5 nitrogen and oxygen atoms in total. The first kappa shape index (κ1) is 10.5.